The van der Waals surface area contributed by atoms with E-state index in [0.717, 1.165) is 32.0 Å². The number of rotatable bonds is 6. The minimum Gasteiger partial charge on any atom is -0.356 e. The molecule has 2 rings (SSSR count). The molecular weight excluding hydrogens is 409 g/mol. The first-order chi connectivity index (χ1) is 10.2. The van der Waals surface area contributed by atoms with Crippen LogP contribution in [0.2, 0.25) is 0 Å². The van der Waals surface area contributed by atoms with Crippen LogP contribution >= 0.6 is 35.3 Å². The Bertz CT molecular complexity index is 590. The normalized spacial score (nSPS) is 11.1. The van der Waals surface area contributed by atoms with Crippen molar-refractivity contribution in [2.45, 2.75) is 33.4 Å². The third kappa shape index (κ3) is 5.96. The van der Waals surface area contributed by atoms with Crippen LogP contribution in [0.25, 0.3) is 0 Å². The molecule has 0 saturated heterocycles. The van der Waals surface area contributed by atoms with Crippen molar-refractivity contribution in [3.05, 3.63) is 39.8 Å². The second-order valence-electron chi connectivity index (χ2n) is 5.01. The van der Waals surface area contributed by atoms with Gasteiger partial charge in [0.2, 0.25) is 0 Å². The summed E-state index contributed by atoms with van der Waals surface area (Å²) in [6.45, 7) is 6.81. The predicted octanol–water partition coefficient (Wildman–Crippen LogP) is 2.93. The summed E-state index contributed by atoms with van der Waals surface area (Å²) in [6.07, 6.45) is 4.96. The van der Waals surface area contributed by atoms with Crippen LogP contribution in [0, 0.1) is 13.8 Å². The molecule has 7 heteroatoms. The molecule has 0 radical (unpaired) electrons. The second kappa shape index (κ2) is 9.83. The average Bonchev–Trinajstić information content (AvgIpc) is 3.07. The van der Waals surface area contributed by atoms with Gasteiger partial charge in [0, 0.05) is 31.2 Å². The number of hydrogen-bond acceptors (Lipinski definition) is 3. The fourth-order valence-electron chi connectivity index (χ4n) is 2.01. The Morgan fingerprint density at radius 2 is 2.18 bits per heavy atom. The smallest absolute Gasteiger partial charge is 0.191 e. The molecule has 0 bridgehead atoms. The van der Waals surface area contributed by atoms with Crippen molar-refractivity contribution in [2.75, 3.05) is 13.6 Å². The van der Waals surface area contributed by atoms with Gasteiger partial charge in [0.1, 0.15) is 0 Å². The molecule has 22 heavy (non-hydrogen) atoms. The van der Waals surface area contributed by atoms with E-state index in [1.54, 1.807) is 18.4 Å². The fraction of sp³-hybridized carbons (Fsp3) is 0.467. The lowest BCUT2D eigenvalue weighted by Gasteiger charge is -2.11. The Balaban J connectivity index is 0.00000242. The SMILES string of the molecule is CN=C(NCCCn1cc(C)cn1)NCc1sccc1C.I. The number of halogens is 1. The maximum Gasteiger partial charge on any atom is 0.191 e. The topological polar surface area (TPSA) is 54.2 Å². The van der Waals surface area contributed by atoms with E-state index in [0.29, 0.717) is 0 Å². The Labute approximate surface area is 153 Å². The molecule has 2 N–H and O–H groups in total. The van der Waals surface area contributed by atoms with E-state index in [-0.39, 0.29) is 24.0 Å². The van der Waals surface area contributed by atoms with Crippen LogP contribution in [0.1, 0.15) is 22.4 Å². The van der Waals surface area contributed by atoms with E-state index in [4.69, 9.17) is 0 Å². The van der Waals surface area contributed by atoms with Gasteiger partial charge >= 0.3 is 0 Å². The van der Waals surface area contributed by atoms with Gasteiger partial charge in [-0.1, -0.05) is 0 Å². The number of aromatic nitrogens is 2. The molecule has 0 aromatic carbocycles. The lowest BCUT2D eigenvalue weighted by molar-refractivity contribution is 0.570. The Hall–Kier alpha value is -1.09. The van der Waals surface area contributed by atoms with Crippen LogP contribution in [-0.4, -0.2) is 29.3 Å². The molecule has 0 atom stereocenters. The van der Waals surface area contributed by atoms with Gasteiger partial charge in [0.25, 0.3) is 0 Å². The third-order valence-corrected chi connectivity index (χ3v) is 4.25. The fourth-order valence-corrected chi connectivity index (χ4v) is 2.85. The van der Waals surface area contributed by atoms with Crippen LogP contribution in [0.5, 0.6) is 0 Å². The molecule has 0 aliphatic carbocycles. The van der Waals surface area contributed by atoms with Gasteiger partial charge in [-0.2, -0.15) is 5.10 Å². The molecule has 0 amide bonds. The van der Waals surface area contributed by atoms with Gasteiger partial charge < -0.3 is 10.6 Å². The zero-order valence-electron chi connectivity index (χ0n) is 13.3. The number of aryl methyl sites for hydroxylation is 3. The largest absolute Gasteiger partial charge is 0.356 e. The van der Waals surface area contributed by atoms with E-state index < -0.39 is 0 Å². The van der Waals surface area contributed by atoms with Gasteiger partial charge in [-0.3, -0.25) is 9.67 Å². The standard InChI is InChI=1S/C15H23N5S.HI/c1-12-9-19-20(11-12)7-4-6-17-15(16-3)18-10-14-13(2)5-8-21-14;/h5,8-9,11H,4,6-7,10H2,1-3H3,(H2,16,17,18);1H. The summed E-state index contributed by atoms with van der Waals surface area (Å²) >= 11 is 1.77. The molecular formula is C15H24IN5S. The monoisotopic (exact) mass is 433 g/mol. The summed E-state index contributed by atoms with van der Waals surface area (Å²) < 4.78 is 1.97. The first-order valence-corrected chi connectivity index (χ1v) is 8.03. The summed E-state index contributed by atoms with van der Waals surface area (Å²) in [5.74, 6) is 0.847. The van der Waals surface area contributed by atoms with Crippen LogP contribution in [0.3, 0.4) is 0 Å². The molecule has 5 nitrogen and oxygen atoms in total. The maximum absolute atomic E-state index is 4.28. The summed E-state index contributed by atoms with van der Waals surface area (Å²) in [6, 6.07) is 2.14. The van der Waals surface area contributed by atoms with Gasteiger partial charge in [0.15, 0.2) is 5.96 Å². The van der Waals surface area contributed by atoms with E-state index in [1.807, 2.05) is 10.9 Å². The first-order valence-electron chi connectivity index (χ1n) is 7.15. The summed E-state index contributed by atoms with van der Waals surface area (Å²) in [7, 11) is 1.80. The minimum atomic E-state index is 0. The van der Waals surface area contributed by atoms with Crippen molar-refractivity contribution in [2.24, 2.45) is 4.99 Å². The highest BCUT2D eigenvalue weighted by molar-refractivity contribution is 14.0. The Morgan fingerprint density at radius 1 is 1.36 bits per heavy atom. The molecule has 0 aliphatic rings. The number of guanidine groups is 1. The molecule has 122 valence electrons. The lowest BCUT2D eigenvalue weighted by atomic mass is 10.3. The van der Waals surface area contributed by atoms with Gasteiger partial charge in [-0.25, -0.2) is 0 Å². The summed E-state index contributed by atoms with van der Waals surface area (Å²) in [5.41, 5.74) is 2.53. The lowest BCUT2D eigenvalue weighted by Crippen LogP contribution is -2.37. The molecule has 0 unspecified atom stereocenters. The molecule has 0 aliphatic heterocycles. The van der Waals surface area contributed by atoms with E-state index in [2.05, 4.69) is 52.2 Å². The maximum atomic E-state index is 4.28. The van der Waals surface area contributed by atoms with E-state index in [9.17, 15) is 0 Å². The number of thiophene rings is 1. The van der Waals surface area contributed by atoms with E-state index in [1.165, 1.54) is 16.0 Å². The van der Waals surface area contributed by atoms with Gasteiger partial charge in [-0.15, -0.1) is 35.3 Å². The highest BCUT2D eigenvalue weighted by Crippen LogP contribution is 2.14. The molecule has 2 aromatic heterocycles. The van der Waals surface area contributed by atoms with Crippen molar-refractivity contribution >= 4 is 41.3 Å². The quantitative estimate of drug-likeness (QED) is 0.319. The zero-order chi connectivity index (χ0) is 15.1. The second-order valence-corrected chi connectivity index (χ2v) is 6.01. The van der Waals surface area contributed by atoms with Crippen LogP contribution in [0.4, 0.5) is 0 Å². The highest BCUT2D eigenvalue weighted by Gasteiger charge is 2.02. The van der Waals surface area contributed by atoms with Gasteiger partial charge in [-0.05, 0) is 42.8 Å². The predicted molar refractivity (Wildman–Crippen MR) is 104 cm³/mol. The Morgan fingerprint density at radius 3 is 2.77 bits per heavy atom. The van der Waals surface area contributed by atoms with Crippen molar-refractivity contribution in [1.82, 2.24) is 20.4 Å². The number of nitrogens with one attached hydrogen (secondary N) is 2. The molecule has 2 aromatic rings. The van der Waals surface area contributed by atoms with E-state index >= 15 is 0 Å². The minimum absolute atomic E-state index is 0. The number of nitrogens with zero attached hydrogens (tertiary/aromatic N) is 3. The van der Waals surface area contributed by atoms with Gasteiger partial charge in [0.05, 0.1) is 12.7 Å². The molecule has 2 heterocycles. The zero-order valence-corrected chi connectivity index (χ0v) is 16.4. The van der Waals surface area contributed by atoms with Crippen molar-refractivity contribution in [3.63, 3.8) is 0 Å². The molecule has 0 spiro atoms. The molecule has 0 saturated carbocycles. The average molecular weight is 433 g/mol. The summed E-state index contributed by atoms with van der Waals surface area (Å²) in [5, 5.41) is 13.1. The molecule has 0 fully saturated rings. The first kappa shape index (κ1) is 19.0. The Kier molecular flexibility index (Phi) is 8.47. The number of aliphatic imine (C=N–C) groups is 1. The number of hydrogen-bond donors (Lipinski definition) is 2. The third-order valence-electron chi connectivity index (χ3n) is 3.23. The van der Waals surface area contributed by atoms with Crippen LogP contribution in [-0.2, 0) is 13.1 Å². The van der Waals surface area contributed by atoms with Crippen molar-refractivity contribution < 1.29 is 0 Å². The van der Waals surface area contributed by atoms with Crippen molar-refractivity contribution in [3.8, 4) is 0 Å². The highest BCUT2D eigenvalue weighted by atomic mass is 127. The summed E-state index contributed by atoms with van der Waals surface area (Å²) in [4.78, 5) is 5.59. The van der Waals surface area contributed by atoms with Crippen LogP contribution in [0.15, 0.2) is 28.8 Å². The van der Waals surface area contributed by atoms with Crippen molar-refractivity contribution in [1.29, 1.82) is 0 Å². The van der Waals surface area contributed by atoms with Crippen LogP contribution < -0.4 is 10.6 Å².